The van der Waals surface area contributed by atoms with E-state index in [0.717, 1.165) is 5.92 Å². The summed E-state index contributed by atoms with van der Waals surface area (Å²) in [5.74, 6) is 0.959. The van der Waals surface area contributed by atoms with Crippen molar-refractivity contribution in [3.05, 3.63) is 0 Å². The maximum atomic E-state index is 3.35. The lowest BCUT2D eigenvalue weighted by atomic mass is 9.99. The molecule has 1 N–H and O–H groups in total. The van der Waals surface area contributed by atoms with Crippen molar-refractivity contribution in [2.24, 2.45) is 5.92 Å². The predicted molar refractivity (Wildman–Crippen MR) is 80.1 cm³/mol. The van der Waals surface area contributed by atoms with Crippen molar-refractivity contribution in [2.75, 3.05) is 45.8 Å². The number of nitrogens with zero attached hydrogens (tertiary/aromatic N) is 2. The van der Waals surface area contributed by atoms with Crippen LogP contribution in [0.2, 0.25) is 0 Å². The quantitative estimate of drug-likeness (QED) is 0.832. The molecule has 0 aromatic rings. The van der Waals surface area contributed by atoms with E-state index in [9.17, 15) is 0 Å². The van der Waals surface area contributed by atoms with Gasteiger partial charge in [0.25, 0.3) is 0 Å². The molecule has 0 aliphatic carbocycles. The van der Waals surface area contributed by atoms with Gasteiger partial charge >= 0.3 is 0 Å². The maximum Gasteiger partial charge on any atom is 0.0126 e. The van der Waals surface area contributed by atoms with Crippen molar-refractivity contribution in [3.8, 4) is 0 Å². The lowest BCUT2D eigenvalue weighted by Gasteiger charge is -2.42. The van der Waals surface area contributed by atoms with Crippen LogP contribution in [0.5, 0.6) is 0 Å². The van der Waals surface area contributed by atoms with Gasteiger partial charge in [-0.1, -0.05) is 13.8 Å². The van der Waals surface area contributed by atoms with E-state index >= 15 is 0 Å². The van der Waals surface area contributed by atoms with Crippen LogP contribution in [0.25, 0.3) is 0 Å². The lowest BCUT2D eigenvalue weighted by Crippen LogP contribution is -2.54. The molecule has 2 heterocycles. The SMILES string of the molecule is CC.CC(C)(C)N1CCN(CCC2CNC2)CC1. The maximum absolute atomic E-state index is 3.35. The van der Waals surface area contributed by atoms with Gasteiger partial charge in [0.1, 0.15) is 0 Å². The molecule has 2 saturated heterocycles. The Kier molecular flexibility index (Phi) is 6.61. The van der Waals surface area contributed by atoms with Crippen LogP contribution in [0.4, 0.5) is 0 Å². The second-order valence-electron chi connectivity index (χ2n) is 6.31. The molecule has 0 bridgehead atoms. The standard InChI is InChI=1S/C13H27N3.C2H6/c1-13(2,3)16-8-6-15(7-9-16)5-4-12-10-14-11-12;1-2/h12,14H,4-11H2,1-3H3;1-2H3. The fourth-order valence-electron chi connectivity index (χ4n) is 2.56. The van der Waals surface area contributed by atoms with Crippen molar-refractivity contribution in [1.82, 2.24) is 15.1 Å². The fourth-order valence-corrected chi connectivity index (χ4v) is 2.56. The van der Waals surface area contributed by atoms with Gasteiger partial charge in [-0.25, -0.2) is 0 Å². The van der Waals surface area contributed by atoms with Crippen LogP contribution in [-0.2, 0) is 0 Å². The average molecular weight is 255 g/mol. The van der Waals surface area contributed by atoms with E-state index in [2.05, 4.69) is 35.9 Å². The third-order valence-electron chi connectivity index (χ3n) is 4.04. The Labute approximate surface area is 114 Å². The van der Waals surface area contributed by atoms with Crippen molar-refractivity contribution in [1.29, 1.82) is 0 Å². The van der Waals surface area contributed by atoms with Gasteiger partial charge in [0.15, 0.2) is 0 Å². The average Bonchev–Trinajstić information content (AvgIpc) is 2.29. The van der Waals surface area contributed by atoms with Crippen LogP contribution in [0.15, 0.2) is 0 Å². The zero-order valence-corrected chi connectivity index (χ0v) is 13.1. The molecule has 0 saturated carbocycles. The molecule has 0 radical (unpaired) electrons. The van der Waals surface area contributed by atoms with E-state index in [1.54, 1.807) is 0 Å². The van der Waals surface area contributed by atoms with Gasteiger partial charge in [-0.3, -0.25) is 4.90 Å². The zero-order valence-electron chi connectivity index (χ0n) is 13.1. The first-order chi connectivity index (χ1) is 8.55. The molecule has 0 amide bonds. The normalized spacial score (nSPS) is 23.2. The van der Waals surface area contributed by atoms with Crippen LogP contribution in [0.1, 0.15) is 41.0 Å². The third-order valence-corrected chi connectivity index (χ3v) is 4.04. The zero-order chi connectivity index (χ0) is 13.6. The van der Waals surface area contributed by atoms with Crippen LogP contribution in [0.3, 0.4) is 0 Å². The van der Waals surface area contributed by atoms with E-state index in [0.29, 0.717) is 5.54 Å². The summed E-state index contributed by atoms with van der Waals surface area (Å²) in [6.07, 6.45) is 1.39. The van der Waals surface area contributed by atoms with Crippen molar-refractivity contribution >= 4 is 0 Å². The number of rotatable bonds is 3. The van der Waals surface area contributed by atoms with Gasteiger partial charge in [-0.15, -0.1) is 0 Å². The molecular weight excluding hydrogens is 222 g/mol. The summed E-state index contributed by atoms with van der Waals surface area (Å²) in [6, 6.07) is 0. The smallest absolute Gasteiger partial charge is 0.0126 e. The topological polar surface area (TPSA) is 18.5 Å². The Bertz CT molecular complexity index is 210. The Morgan fingerprint density at radius 3 is 1.94 bits per heavy atom. The molecular formula is C15H33N3. The summed E-state index contributed by atoms with van der Waals surface area (Å²) in [5, 5.41) is 3.35. The molecule has 0 atom stereocenters. The highest BCUT2D eigenvalue weighted by molar-refractivity contribution is 4.83. The molecule has 0 aromatic heterocycles. The molecule has 18 heavy (non-hydrogen) atoms. The monoisotopic (exact) mass is 255 g/mol. The first kappa shape index (κ1) is 15.9. The Morgan fingerprint density at radius 1 is 1.00 bits per heavy atom. The number of hydrogen-bond donors (Lipinski definition) is 1. The molecule has 108 valence electrons. The van der Waals surface area contributed by atoms with Gasteiger partial charge in [-0.2, -0.15) is 0 Å². The molecule has 2 fully saturated rings. The minimum Gasteiger partial charge on any atom is -0.316 e. The molecule has 2 aliphatic rings. The lowest BCUT2D eigenvalue weighted by molar-refractivity contribution is 0.0585. The van der Waals surface area contributed by atoms with E-state index in [4.69, 9.17) is 0 Å². The number of nitrogens with one attached hydrogen (secondary N) is 1. The predicted octanol–water partition coefficient (Wildman–Crippen LogP) is 2.04. The first-order valence-corrected chi connectivity index (χ1v) is 7.74. The molecule has 2 rings (SSSR count). The van der Waals surface area contributed by atoms with Crippen molar-refractivity contribution < 1.29 is 0 Å². The van der Waals surface area contributed by atoms with Crippen LogP contribution in [0, 0.1) is 5.92 Å². The summed E-state index contributed by atoms with van der Waals surface area (Å²) in [5.41, 5.74) is 0.351. The van der Waals surface area contributed by atoms with Gasteiger partial charge in [0, 0.05) is 31.7 Å². The number of piperazine rings is 1. The summed E-state index contributed by atoms with van der Waals surface area (Å²) in [6.45, 7) is 19.8. The van der Waals surface area contributed by atoms with Crippen LogP contribution in [-0.4, -0.2) is 61.2 Å². The number of hydrogen-bond acceptors (Lipinski definition) is 3. The molecule has 0 aromatic carbocycles. The second-order valence-corrected chi connectivity index (χ2v) is 6.31. The van der Waals surface area contributed by atoms with E-state index in [-0.39, 0.29) is 0 Å². The molecule has 3 nitrogen and oxygen atoms in total. The summed E-state index contributed by atoms with van der Waals surface area (Å²) in [7, 11) is 0. The van der Waals surface area contributed by atoms with E-state index in [1.165, 1.54) is 52.2 Å². The Hall–Kier alpha value is -0.120. The summed E-state index contributed by atoms with van der Waals surface area (Å²) >= 11 is 0. The van der Waals surface area contributed by atoms with Gasteiger partial charge in [0.2, 0.25) is 0 Å². The molecule has 3 heteroatoms. The highest BCUT2D eigenvalue weighted by atomic mass is 15.3. The second kappa shape index (κ2) is 7.46. The largest absolute Gasteiger partial charge is 0.316 e. The third kappa shape index (κ3) is 4.87. The van der Waals surface area contributed by atoms with Gasteiger partial charge in [-0.05, 0) is 52.7 Å². The van der Waals surface area contributed by atoms with E-state index in [1.807, 2.05) is 13.8 Å². The molecule has 2 aliphatic heterocycles. The van der Waals surface area contributed by atoms with Crippen molar-refractivity contribution in [2.45, 2.75) is 46.6 Å². The molecule has 0 unspecified atom stereocenters. The molecule has 0 spiro atoms. The van der Waals surface area contributed by atoms with Crippen molar-refractivity contribution in [3.63, 3.8) is 0 Å². The highest BCUT2D eigenvalue weighted by Crippen LogP contribution is 2.17. The highest BCUT2D eigenvalue weighted by Gasteiger charge is 2.26. The van der Waals surface area contributed by atoms with Gasteiger partial charge in [0.05, 0.1) is 0 Å². The first-order valence-electron chi connectivity index (χ1n) is 7.74. The Balaban J connectivity index is 0.000000771. The summed E-state index contributed by atoms with van der Waals surface area (Å²) in [4.78, 5) is 5.25. The minimum absolute atomic E-state index is 0.351. The summed E-state index contributed by atoms with van der Waals surface area (Å²) < 4.78 is 0. The Morgan fingerprint density at radius 2 is 1.56 bits per heavy atom. The van der Waals surface area contributed by atoms with Crippen LogP contribution < -0.4 is 5.32 Å². The van der Waals surface area contributed by atoms with Crippen LogP contribution >= 0.6 is 0 Å². The fraction of sp³-hybridized carbons (Fsp3) is 1.00. The van der Waals surface area contributed by atoms with E-state index < -0.39 is 0 Å². The van der Waals surface area contributed by atoms with Gasteiger partial charge < -0.3 is 10.2 Å². The minimum atomic E-state index is 0.351.